The molecule has 0 bridgehead atoms. The standard InChI is InChI=1S/C18H11F3N2O2S3/c19-18(20,21)11-9-12(13-7-4-8-26-13)23-16-14(11)15(22)17(27-16)28(24,25)10-5-2-1-3-6-10/h1-9H,22H2. The quantitative estimate of drug-likeness (QED) is 0.459. The second-order valence-corrected chi connectivity index (χ2v) is 9.92. The van der Waals surface area contributed by atoms with Crippen LogP contribution in [0.25, 0.3) is 20.8 Å². The first kappa shape index (κ1) is 18.9. The Morgan fingerprint density at radius 2 is 1.75 bits per heavy atom. The molecular weight excluding hydrogens is 429 g/mol. The fourth-order valence-electron chi connectivity index (χ4n) is 2.78. The summed E-state index contributed by atoms with van der Waals surface area (Å²) in [5.74, 6) is 0. The zero-order chi connectivity index (χ0) is 20.1. The molecule has 3 heterocycles. The summed E-state index contributed by atoms with van der Waals surface area (Å²) in [6.45, 7) is 0. The van der Waals surface area contributed by atoms with Gasteiger partial charge in [-0.25, -0.2) is 13.4 Å². The lowest BCUT2D eigenvalue weighted by atomic mass is 10.1. The Hall–Kier alpha value is -2.43. The van der Waals surface area contributed by atoms with Crippen molar-refractivity contribution in [3.05, 3.63) is 59.5 Å². The number of thiophene rings is 2. The van der Waals surface area contributed by atoms with Crippen LogP contribution in [0.3, 0.4) is 0 Å². The van der Waals surface area contributed by atoms with Gasteiger partial charge in [0.1, 0.15) is 9.04 Å². The molecule has 4 rings (SSSR count). The van der Waals surface area contributed by atoms with E-state index in [1.54, 1.807) is 23.6 Å². The fourth-order valence-corrected chi connectivity index (χ4v) is 6.41. The van der Waals surface area contributed by atoms with Crippen LogP contribution in [0.1, 0.15) is 5.56 Å². The summed E-state index contributed by atoms with van der Waals surface area (Å²) < 4.78 is 66.7. The van der Waals surface area contributed by atoms with Gasteiger partial charge in [0.05, 0.1) is 26.7 Å². The van der Waals surface area contributed by atoms with Crippen molar-refractivity contribution in [2.45, 2.75) is 15.3 Å². The number of aromatic nitrogens is 1. The summed E-state index contributed by atoms with van der Waals surface area (Å²) in [5.41, 5.74) is 4.62. The number of anilines is 1. The van der Waals surface area contributed by atoms with Crippen LogP contribution < -0.4 is 5.73 Å². The minimum Gasteiger partial charge on any atom is -0.396 e. The van der Waals surface area contributed by atoms with E-state index in [2.05, 4.69) is 4.98 Å². The predicted octanol–water partition coefficient (Wildman–Crippen LogP) is 5.46. The lowest BCUT2D eigenvalue weighted by Gasteiger charge is -2.10. The molecule has 0 atom stereocenters. The number of pyridine rings is 1. The molecule has 28 heavy (non-hydrogen) atoms. The summed E-state index contributed by atoms with van der Waals surface area (Å²) >= 11 is 1.89. The summed E-state index contributed by atoms with van der Waals surface area (Å²) in [4.78, 5) is 4.71. The van der Waals surface area contributed by atoms with Crippen LogP contribution in [0.2, 0.25) is 0 Å². The van der Waals surface area contributed by atoms with Gasteiger partial charge in [-0.15, -0.1) is 22.7 Å². The molecular formula is C18H11F3N2O2S3. The first-order chi connectivity index (χ1) is 13.2. The van der Waals surface area contributed by atoms with E-state index in [0.29, 0.717) is 16.2 Å². The molecule has 0 saturated carbocycles. The van der Waals surface area contributed by atoms with Crippen molar-refractivity contribution in [1.82, 2.24) is 4.98 Å². The molecule has 2 N–H and O–H groups in total. The third-order valence-electron chi connectivity index (χ3n) is 4.04. The van der Waals surface area contributed by atoms with Crippen molar-refractivity contribution in [3.8, 4) is 10.6 Å². The number of hydrogen-bond donors (Lipinski definition) is 1. The van der Waals surface area contributed by atoms with Gasteiger partial charge in [-0.1, -0.05) is 24.3 Å². The first-order valence-corrected chi connectivity index (χ1v) is 11.0. The minimum atomic E-state index is -4.71. The van der Waals surface area contributed by atoms with Crippen molar-refractivity contribution in [3.63, 3.8) is 0 Å². The summed E-state index contributed by atoms with van der Waals surface area (Å²) in [6.07, 6.45) is -4.71. The molecule has 10 heteroatoms. The van der Waals surface area contributed by atoms with Crippen LogP contribution >= 0.6 is 22.7 Å². The highest BCUT2D eigenvalue weighted by molar-refractivity contribution is 7.93. The van der Waals surface area contributed by atoms with Crippen LogP contribution in [0.15, 0.2) is 63.0 Å². The SMILES string of the molecule is Nc1c(S(=O)(=O)c2ccccc2)sc2nc(-c3cccs3)cc(C(F)(F)F)c12. The maximum absolute atomic E-state index is 13.7. The van der Waals surface area contributed by atoms with Crippen molar-refractivity contribution in [2.24, 2.45) is 0 Å². The number of rotatable bonds is 3. The van der Waals surface area contributed by atoms with E-state index in [-0.39, 0.29) is 25.0 Å². The molecule has 0 fully saturated rings. The normalized spacial score (nSPS) is 12.5. The predicted molar refractivity (Wildman–Crippen MR) is 104 cm³/mol. The van der Waals surface area contributed by atoms with Crippen LogP contribution in [-0.4, -0.2) is 13.4 Å². The summed E-state index contributed by atoms with van der Waals surface area (Å²) in [5, 5.41) is 1.34. The van der Waals surface area contributed by atoms with Gasteiger partial charge in [0.15, 0.2) is 0 Å². The molecule has 0 unspecified atom stereocenters. The highest BCUT2D eigenvalue weighted by Crippen LogP contribution is 2.46. The van der Waals surface area contributed by atoms with Crippen molar-refractivity contribution in [1.29, 1.82) is 0 Å². The number of alkyl halides is 3. The minimum absolute atomic E-state index is 0.0414. The molecule has 0 aliphatic rings. The molecule has 4 nitrogen and oxygen atoms in total. The van der Waals surface area contributed by atoms with Gasteiger partial charge in [0, 0.05) is 5.39 Å². The Morgan fingerprint density at radius 1 is 1.04 bits per heavy atom. The largest absolute Gasteiger partial charge is 0.417 e. The number of hydrogen-bond acceptors (Lipinski definition) is 6. The Kier molecular flexibility index (Phi) is 4.44. The van der Waals surface area contributed by atoms with Gasteiger partial charge in [0.2, 0.25) is 9.84 Å². The maximum atomic E-state index is 13.7. The van der Waals surface area contributed by atoms with E-state index in [4.69, 9.17) is 5.73 Å². The van der Waals surface area contributed by atoms with Crippen LogP contribution in [0.5, 0.6) is 0 Å². The zero-order valence-electron chi connectivity index (χ0n) is 13.9. The Morgan fingerprint density at radius 3 is 2.36 bits per heavy atom. The second kappa shape index (κ2) is 6.57. The van der Waals surface area contributed by atoms with Crippen molar-refractivity contribution < 1.29 is 21.6 Å². The van der Waals surface area contributed by atoms with E-state index in [1.807, 2.05) is 0 Å². The first-order valence-electron chi connectivity index (χ1n) is 7.84. The number of sulfone groups is 1. The molecule has 1 aromatic carbocycles. The van der Waals surface area contributed by atoms with E-state index >= 15 is 0 Å². The number of nitrogen functional groups attached to an aromatic ring is 1. The smallest absolute Gasteiger partial charge is 0.396 e. The van der Waals surface area contributed by atoms with Crippen LogP contribution in [-0.2, 0) is 16.0 Å². The van der Waals surface area contributed by atoms with Crippen molar-refractivity contribution >= 4 is 48.4 Å². The van der Waals surface area contributed by atoms with Crippen LogP contribution in [0, 0.1) is 0 Å². The topological polar surface area (TPSA) is 73.1 Å². The van der Waals surface area contributed by atoms with Gasteiger partial charge >= 0.3 is 6.18 Å². The number of halogens is 3. The zero-order valence-corrected chi connectivity index (χ0v) is 16.3. The second-order valence-electron chi connectivity index (χ2n) is 5.83. The Labute approximate surface area is 166 Å². The van der Waals surface area contributed by atoms with E-state index in [0.717, 1.165) is 6.07 Å². The molecule has 4 aromatic rings. The molecule has 0 aliphatic heterocycles. The number of benzene rings is 1. The molecule has 3 aromatic heterocycles. The maximum Gasteiger partial charge on any atom is 0.417 e. The van der Waals surface area contributed by atoms with Gasteiger partial charge < -0.3 is 5.73 Å². The highest BCUT2D eigenvalue weighted by atomic mass is 32.2. The molecule has 144 valence electrons. The number of nitrogens with zero attached hydrogens (tertiary/aromatic N) is 1. The average Bonchev–Trinajstić information content (AvgIpc) is 3.30. The summed E-state index contributed by atoms with van der Waals surface area (Å²) in [6, 6.07) is 11.7. The molecule has 0 aliphatic carbocycles. The Bertz CT molecular complexity index is 1260. The average molecular weight is 440 g/mol. The molecule has 0 amide bonds. The van der Waals surface area contributed by atoms with Gasteiger partial charge in [-0.05, 0) is 29.6 Å². The van der Waals surface area contributed by atoms with E-state index in [9.17, 15) is 21.6 Å². The highest BCUT2D eigenvalue weighted by Gasteiger charge is 2.37. The lowest BCUT2D eigenvalue weighted by Crippen LogP contribution is -2.08. The van der Waals surface area contributed by atoms with Gasteiger partial charge in [0.25, 0.3) is 0 Å². The van der Waals surface area contributed by atoms with Gasteiger partial charge in [-0.3, -0.25) is 0 Å². The number of fused-ring (bicyclic) bond motifs is 1. The number of nitrogens with two attached hydrogens (primary N) is 1. The molecule has 0 spiro atoms. The van der Waals surface area contributed by atoms with Crippen molar-refractivity contribution in [2.75, 3.05) is 5.73 Å². The monoisotopic (exact) mass is 440 g/mol. The van der Waals surface area contributed by atoms with Crippen LogP contribution in [0.4, 0.5) is 18.9 Å². The molecule has 0 radical (unpaired) electrons. The summed E-state index contributed by atoms with van der Waals surface area (Å²) in [7, 11) is -4.07. The third-order valence-corrected chi connectivity index (χ3v) is 8.34. The van der Waals surface area contributed by atoms with E-state index < -0.39 is 27.3 Å². The fraction of sp³-hybridized carbons (Fsp3) is 0.0556. The van der Waals surface area contributed by atoms with E-state index in [1.165, 1.54) is 35.6 Å². The third kappa shape index (κ3) is 3.07. The molecule has 0 saturated heterocycles. The lowest BCUT2D eigenvalue weighted by molar-refractivity contribution is -0.136. The van der Waals surface area contributed by atoms with Gasteiger partial charge in [-0.2, -0.15) is 13.2 Å². The Balaban J connectivity index is 2.03.